The lowest BCUT2D eigenvalue weighted by Gasteiger charge is -2.18. The number of pyridine rings is 1. The fourth-order valence-electron chi connectivity index (χ4n) is 1.29. The van der Waals surface area contributed by atoms with Crippen molar-refractivity contribution in [3.63, 3.8) is 0 Å². The highest BCUT2D eigenvalue weighted by Gasteiger charge is 1.99. The van der Waals surface area contributed by atoms with Crippen molar-refractivity contribution in [3.05, 3.63) is 36.7 Å². The van der Waals surface area contributed by atoms with Gasteiger partial charge in [-0.2, -0.15) is 0 Å². The second-order valence-corrected chi connectivity index (χ2v) is 3.51. The van der Waals surface area contributed by atoms with Crippen LogP contribution in [0, 0.1) is 6.92 Å². The molecule has 0 spiro atoms. The van der Waals surface area contributed by atoms with Crippen LogP contribution in [0.3, 0.4) is 0 Å². The molecule has 14 heavy (non-hydrogen) atoms. The van der Waals surface area contributed by atoms with Gasteiger partial charge in [-0.15, -0.1) is 6.58 Å². The molecule has 0 atom stereocenters. The van der Waals surface area contributed by atoms with Crippen LogP contribution in [0.2, 0.25) is 0 Å². The van der Waals surface area contributed by atoms with E-state index in [1.165, 1.54) is 5.69 Å². The molecule has 0 N–H and O–H groups in total. The van der Waals surface area contributed by atoms with Crippen LogP contribution in [-0.2, 0) is 0 Å². The number of anilines is 1. The number of unbranched alkanes of at least 4 members (excludes halogenated alkanes) is 1. The van der Waals surface area contributed by atoms with Gasteiger partial charge in [-0.3, -0.25) is 4.98 Å². The number of hydrogen-bond acceptors (Lipinski definition) is 2. The number of rotatable bonds is 5. The molecule has 0 aliphatic carbocycles. The largest absolute Gasteiger partial charge is 0.373 e. The highest BCUT2D eigenvalue weighted by Crippen LogP contribution is 2.11. The van der Waals surface area contributed by atoms with Gasteiger partial charge in [-0.05, 0) is 31.9 Å². The van der Waals surface area contributed by atoms with Crippen molar-refractivity contribution in [1.82, 2.24) is 4.98 Å². The zero-order valence-corrected chi connectivity index (χ0v) is 9.03. The molecule has 0 aliphatic rings. The molecule has 1 aromatic rings. The average molecular weight is 190 g/mol. The van der Waals surface area contributed by atoms with Crippen LogP contribution in [0.4, 0.5) is 5.69 Å². The third-order valence-corrected chi connectivity index (χ3v) is 2.24. The fraction of sp³-hybridized carbons (Fsp3) is 0.417. The van der Waals surface area contributed by atoms with E-state index >= 15 is 0 Å². The Balaban J connectivity index is 2.47. The van der Waals surface area contributed by atoms with Crippen LogP contribution in [0.5, 0.6) is 0 Å². The SMILES string of the molecule is C=CCCCN(C)c1ccc(C)nc1. The average Bonchev–Trinajstić information content (AvgIpc) is 2.19. The van der Waals surface area contributed by atoms with Crippen molar-refractivity contribution in [2.45, 2.75) is 19.8 Å². The Kier molecular flexibility index (Phi) is 4.17. The van der Waals surface area contributed by atoms with Gasteiger partial charge in [0.2, 0.25) is 0 Å². The highest BCUT2D eigenvalue weighted by atomic mass is 15.1. The number of aryl methyl sites for hydroxylation is 1. The third-order valence-electron chi connectivity index (χ3n) is 2.24. The van der Waals surface area contributed by atoms with Crippen molar-refractivity contribution < 1.29 is 0 Å². The van der Waals surface area contributed by atoms with Crippen LogP contribution in [-0.4, -0.2) is 18.6 Å². The molecule has 0 aromatic carbocycles. The van der Waals surface area contributed by atoms with Crippen LogP contribution in [0.15, 0.2) is 31.0 Å². The Morgan fingerprint density at radius 2 is 2.29 bits per heavy atom. The Morgan fingerprint density at radius 1 is 1.50 bits per heavy atom. The van der Waals surface area contributed by atoms with Gasteiger partial charge in [0.05, 0.1) is 11.9 Å². The summed E-state index contributed by atoms with van der Waals surface area (Å²) in [7, 11) is 2.09. The van der Waals surface area contributed by atoms with Crippen molar-refractivity contribution in [3.8, 4) is 0 Å². The molecule has 0 aliphatic heterocycles. The Bertz CT molecular complexity index is 277. The predicted octanol–water partition coefficient (Wildman–Crippen LogP) is 2.79. The van der Waals surface area contributed by atoms with E-state index in [4.69, 9.17) is 0 Å². The fourth-order valence-corrected chi connectivity index (χ4v) is 1.29. The second kappa shape index (κ2) is 5.43. The molecule has 0 radical (unpaired) electrons. The summed E-state index contributed by atoms with van der Waals surface area (Å²) in [6.07, 6.45) is 6.10. The van der Waals surface area contributed by atoms with Crippen molar-refractivity contribution in [2.24, 2.45) is 0 Å². The molecule has 2 heteroatoms. The normalized spacial score (nSPS) is 9.86. The van der Waals surface area contributed by atoms with Gasteiger partial charge in [-0.25, -0.2) is 0 Å². The van der Waals surface area contributed by atoms with Gasteiger partial charge in [0.1, 0.15) is 0 Å². The molecule has 0 fully saturated rings. The molecule has 1 aromatic heterocycles. The molecule has 0 saturated carbocycles. The highest BCUT2D eigenvalue weighted by molar-refractivity contribution is 5.43. The zero-order chi connectivity index (χ0) is 10.4. The lowest BCUT2D eigenvalue weighted by atomic mass is 10.2. The topological polar surface area (TPSA) is 16.1 Å². The van der Waals surface area contributed by atoms with Crippen molar-refractivity contribution >= 4 is 5.69 Å². The molecule has 1 rings (SSSR count). The number of hydrogen-bond donors (Lipinski definition) is 0. The minimum atomic E-state index is 1.05. The summed E-state index contributed by atoms with van der Waals surface area (Å²) >= 11 is 0. The summed E-state index contributed by atoms with van der Waals surface area (Å²) < 4.78 is 0. The maximum atomic E-state index is 4.27. The van der Waals surface area contributed by atoms with E-state index in [0.717, 1.165) is 25.1 Å². The van der Waals surface area contributed by atoms with Gasteiger partial charge in [0.15, 0.2) is 0 Å². The van der Waals surface area contributed by atoms with Gasteiger partial charge < -0.3 is 4.90 Å². The molecule has 2 nitrogen and oxygen atoms in total. The first-order valence-electron chi connectivity index (χ1n) is 4.98. The first-order valence-corrected chi connectivity index (χ1v) is 4.98. The van der Waals surface area contributed by atoms with Crippen LogP contribution in [0.25, 0.3) is 0 Å². The lowest BCUT2D eigenvalue weighted by Crippen LogP contribution is -2.18. The molecular weight excluding hydrogens is 172 g/mol. The molecule has 0 saturated heterocycles. The van der Waals surface area contributed by atoms with E-state index in [9.17, 15) is 0 Å². The molecule has 0 unspecified atom stereocenters. The van der Waals surface area contributed by atoms with E-state index < -0.39 is 0 Å². The summed E-state index contributed by atoms with van der Waals surface area (Å²) in [5.74, 6) is 0. The van der Waals surface area contributed by atoms with Crippen LogP contribution < -0.4 is 4.90 Å². The summed E-state index contributed by atoms with van der Waals surface area (Å²) in [5, 5.41) is 0. The van der Waals surface area contributed by atoms with Gasteiger partial charge >= 0.3 is 0 Å². The maximum Gasteiger partial charge on any atom is 0.0550 e. The minimum absolute atomic E-state index is 1.05. The lowest BCUT2D eigenvalue weighted by molar-refractivity contribution is 0.800. The van der Waals surface area contributed by atoms with Gasteiger partial charge in [0, 0.05) is 19.3 Å². The summed E-state index contributed by atoms with van der Waals surface area (Å²) in [6, 6.07) is 4.15. The van der Waals surface area contributed by atoms with Gasteiger partial charge in [0.25, 0.3) is 0 Å². The van der Waals surface area contributed by atoms with Crippen LogP contribution >= 0.6 is 0 Å². The molecule has 0 amide bonds. The maximum absolute atomic E-state index is 4.27. The summed E-state index contributed by atoms with van der Waals surface area (Å²) in [5.41, 5.74) is 2.24. The van der Waals surface area contributed by atoms with Gasteiger partial charge in [-0.1, -0.05) is 6.08 Å². The number of nitrogens with zero attached hydrogens (tertiary/aromatic N) is 2. The predicted molar refractivity (Wildman–Crippen MR) is 61.7 cm³/mol. The summed E-state index contributed by atoms with van der Waals surface area (Å²) in [4.78, 5) is 6.48. The van der Waals surface area contributed by atoms with E-state index in [-0.39, 0.29) is 0 Å². The van der Waals surface area contributed by atoms with Crippen LogP contribution in [0.1, 0.15) is 18.5 Å². The molecule has 76 valence electrons. The molecular formula is C12H18N2. The minimum Gasteiger partial charge on any atom is -0.373 e. The first-order chi connectivity index (χ1) is 6.74. The van der Waals surface area contributed by atoms with E-state index in [0.29, 0.717) is 0 Å². The quantitative estimate of drug-likeness (QED) is 0.524. The Morgan fingerprint density at radius 3 is 2.86 bits per heavy atom. The number of allylic oxidation sites excluding steroid dienone is 1. The monoisotopic (exact) mass is 190 g/mol. The second-order valence-electron chi connectivity index (χ2n) is 3.51. The molecule has 0 bridgehead atoms. The van der Waals surface area contributed by atoms with Crippen molar-refractivity contribution in [1.29, 1.82) is 0 Å². The zero-order valence-electron chi connectivity index (χ0n) is 9.03. The smallest absolute Gasteiger partial charge is 0.0550 e. The first kappa shape index (κ1) is 10.8. The Hall–Kier alpha value is -1.31. The third kappa shape index (κ3) is 3.21. The Labute approximate surface area is 86.3 Å². The molecule has 1 heterocycles. The van der Waals surface area contributed by atoms with E-state index in [1.54, 1.807) is 0 Å². The van der Waals surface area contributed by atoms with E-state index in [1.807, 2.05) is 25.3 Å². The summed E-state index contributed by atoms with van der Waals surface area (Å²) in [6.45, 7) is 6.76. The van der Waals surface area contributed by atoms with Crippen molar-refractivity contribution in [2.75, 3.05) is 18.5 Å². The number of aromatic nitrogens is 1. The standard InChI is InChI=1S/C12H18N2/c1-4-5-6-9-14(3)12-8-7-11(2)13-10-12/h4,7-8,10H,1,5-6,9H2,2-3H3. The van der Waals surface area contributed by atoms with E-state index in [2.05, 4.69) is 29.6 Å².